The number of unbranched alkanes of at least 4 members (excludes halogenated alkanes) is 2. The molecule has 36 heavy (non-hydrogen) atoms. The van der Waals surface area contributed by atoms with Gasteiger partial charge in [-0.05, 0) is 12.8 Å². The van der Waals surface area contributed by atoms with Gasteiger partial charge in [0.2, 0.25) is 0 Å². The van der Waals surface area contributed by atoms with Crippen LogP contribution >= 0.6 is 0 Å². The fraction of sp³-hybridized carbons (Fsp3) is 0.778. The summed E-state index contributed by atoms with van der Waals surface area (Å²) < 4.78 is 56.1. The predicted octanol–water partition coefficient (Wildman–Crippen LogP) is 3.10. The van der Waals surface area contributed by atoms with Gasteiger partial charge in [0.25, 0.3) is 0 Å². The monoisotopic (exact) mass is 506 g/mol. The lowest BCUT2D eigenvalue weighted by Crippen LogP contribution is -2.64. The Balaban J connectivity index is 1.23. The Kier molecular flexibility index (Phi) is 7.90. The Morgan fingerprint density at radius 2 is 1.47 bits per heavy atom. The highest BCUT2D eigenvalue weighted by atomic mass is 16.8. The summed E-state index contributed by atoms with van der Waals surface area (Å²) in [4.78, 5) is 0. The lowest BCUT2D eigenvalue weighted by Gasteiger charge is -2.49. The molecule has 200 valence electrons. The van der Waals surface area contributed by atoms with Gasteiger partial charge in [0, 0.05) is 18.8 Å². The molecular weight excluding hydrogens is 468 g/mol. The molecular formula is C27H38O9. The molecule has 2 bridgehead atoms. The van der Waals surface area contributed by atoms with E-state index in [1.807, 2.05) is 30.3 Å². The van der Waals surface area contributed by atoms with Crippen molar-refractivity contribution in [1.29, 1.82) is 0 Å². The molecule has 0 radical (unpaired) electrons. The third-order valence-electron chi connectivity index (χ3n) is 7.52. The molecule has 11 atom stereocenters. The Labute approximate surface area is 212 Å². The smallest absolute Gasteiger partial charge is 0.187 e. The largest absolute Gasteiger partial charge is 0.372 e. The van der Waals surface area contributed by atoms with Gasteiger partial charge in [-0.15, -0.1) is 0 Å². The van der Waals surface area contributed by atoms with Gasteiger partial charge in [-0.25, -0.2) is 0 Å². The molecule has 1 aromatic carbocycles. The van der Waals surface area contributed by atoms with Gasteiger partial charge >= 0.3 is 0 Å². The first-order valence-corrected chi connectivity index (χ1v) is 13.6. The van der Waals surface area contributed by atoms with E-state index in [9.17, 15) is 0 Å². The Morgan fingerprint density at radius 3 is 2.25 bits per heavy atom. The van der Waals surface area contributed by atoms with Crippen LogP contribution in [0, 0.1) is 0 Å². The van der Waals surface area contributed by atoms with Gasteiger partial charge < -0.3 is 42.6 Å². The van der Waals surface area contributed by atoms with Gasteiger partial charge in [-0.1, -0.05) is 57.0 Å². The molecule has 5 heterocycles. The summed E-state index contributed by atoms with van der Waals surface area (Å²) in [5.41, 5.74) is 0.970. The van der Waals surface area contributed by atoms with Crippen LogP contribution in [-0.2, 0) is 42.6 Å². The van der Waals surface area contributed by atoms with E-state index in [1.165, 1.54) is 0 Å². The second kappa shape index (κ2) is 11.3. The molecule has 0 spiro atoms. The van der Waals surface area contributed by atoms with Crippen LogP contribution < -0.4 is 0 Å². The highest BCUT2D eigenvalue weighted by Crippen LogP contribution is 2.45. The van der Waals surface area contributed by atoms with Crippen molar-refractivity contribution >= 4 is 0 Å². The maximum atomic E-state index is 6.59. The van der Waals surface area contributed by atoms with E-state index in [-0.39, 0.29) is 49.0 Å². The molecule has 5 saturated heterocycles. The minimum Gasteiger partial charge on any atom is -0.372 e. The molecule has 0 aliphatic carbocycles. The summed E-state index contributed by atoms with van der Waals surface area (Å²) in [5.74, 6) is 0. The number of fused-ring (bicyclic) bond motifs is 5. The Bertz CT molecular complexity index is 840. The van der Waals surface area contributed by atoms with Crippen molar-refractivity contribution in [2.45, 2.75) is 107 Å². The van der Waals surface area contributed by atoms with Gasteiger partial charge in [0.05, 0.1) is 13.2 Å². The summed E-state index contributed by atoms with van der Waals surface area (Å²) in [7, 11) is 0. The van der Waals surface area contributed by atoms with Crippen LogP contribution in [0.4, 0.5) is 0 Å². The zero-order valence-electron chi connectivity index (χ0n) is 21.1. The van der Waals surface area contributed by atoms with E-state index in [1.54, 1.807) is 0 Å². The lowest BCUT2D eigenvalue weighted by molar-refractivity contribution is -0.378. The minimum absolute atomic E-state index is 0.0466. The van der Waals surface area contributed by atoms with Gasteiger partial charge in [-0.3, -0.25) is 0 Å². The van der Waals surface area contributed by atoms with E-state index >= 15 is 0 Å². The van der Waals surface area contributed by atoms with Crippen LogP contribution in [0.3, 0.4) is 0 Å². The van der Waals surface area contributed by atoms with Gasteiger partial charge in [0.1, 0.15) is 48.8 Å². The normalized spacial score (nSPS) is 43.1. The number of rotatable bonds is 11. The van der Waals surface area contributed by atoms with Gasteiger partial charge in [-0.2, -0.15) is 0 Å². The van der Waals surface area contributed by atoms with Crippen molar-refractivity contribution in [3.63, 3.8) is 0 Å². The van der Waals surface area contributed by atoms with Crippen LogP contribution in [0.1, 0.15) is 51.4 Å². The summed E-state index contributed by atoms with van der Waals surface area (Å²) >= 11 is 0. The maximum absolute atomic E-state index is 6.59. The van der Waals surface area contributed by atoms with E-state index in [4.69, 9.17) is 42.6 Å². The minimum atomic E-state index is -0.661. The van der Waals surface area contributed by atoms with Crippen LogP contribution in [0.5, 0.6) is 0 Å². The number of ether oxygens (including phenoxy) is 9. The molecule has 7 unspecified atom stereocenters. The van der Waals surface area contributed by atoms with Gasteiger partial charge in [0.15, 0.2) is 18.9 Å². The summed E-state index contributed by atoms with van der Waals surface area (Å²) in [6.45, 7) is 6.37. The molecule has 5 aliphatic rings. The predicted molar refractivity (Wildman–Crippen MR) is 126 cm³/mol. The third-order valence-corrected chi connectivity index (χ3v) is 7.52. The zero-order chi connectivity index (χ0) is 24.5. The SMILES string of the molecule is CCCCOC1C(OCCCC)[C@@H]2OC(c3ccccc3)OCC2O[C@H]1O[C@@H]1C2CO[C@H](O2)C2OC21. The number of hydrogen-bond donors (Lipinski definition) is 0. The Hall–Kier alpha value is -1.14. The zero-order valence-corrected chi connectivity index (χ0v) is 21.1. The van der Waals surface area contributed by atoms with Crippen LogP contribution in [0.25, 0.3) is 0 Å². The fourth-order valence-corrected chi connectivity index (χ4v) is 5.47. The quantitative estimate of drug-likeness (QED) is 0.332. The van der Waals surface area contributed by atoms with E-state index < -0.39 is 18.7 Å². The molecule has 5 fully saturated rings. The van der Waals surface area contributed by atoms with Crippen molar-refractivity contribution in [2.24, 2.45) is 0 Å². The van der Waals surface area contributed by atoms with Crippen LogP contribution in [0.2, 0.25) is 0 Å². The number of epoxide rings is 1. The average molecular weight is 507 g/mol. The molecule has 1 aromatic rings. The first-order valence-electron chi connectivity index (χ1n) is 13.6. The molecule has 0 N–H and O–H groups in total. The number of hydrogen-bond acceptors (Lipinski definition) is 9. The second-order valence-corrected chi connectivity index (χ2v) is 10.1. The van der Waals surface area contributed by atoms with Crippen molar-refractivity contribution in [2.75, 3.05) is 26.4 Å². The van der Waals surface area contributed by atoms with Crippen LogP contribution in [-0.4, -0.2) is 87.8 Å². The van der Waals surface area contributed by atoms with E-state index in [0.717, 1.165) is 31.2 Å². The first-order chi connectivity index (χ1) is 17.8. The van der Waals surface area contributed by atoms with Crippen molar-refractivity contribution in [3.05, 3.63) is 35.9 Å². The maximum Gasteiger partial charge on any atom is 0.187 e. The topological polar surface area (TPSA) is 86.4 Å². The average Bonchev–Trinajstić information content (AvgIpc) is 3.60. The molecule has 0 saturated carbocycles. The first kappa shape index (κ1) is 25.2. The highest BCUT2D eigenvalue weighted by molar-refractivity contribution is 5.17. The highest BCUT2D eigenvalue weighted by Gasteiger charge is 2.63. The van der Waals surface area contributed by atoms with Crippen molar-refractivity contribution in [3.8, 4) is 0 Å². The molecule has 6 rings (SSSR count). The second-order valence-electron chi connectivity index (χ2n) is 10.1. The lowest BCUT2D eigenvalue weighted by atomic mass is 9.96. The molecule has 9 heteroatoms. The summed E-state index contributed by atoms with van der Waals surface area (Å²) in [5, 5.41) is 0. The third kappa shape index (κ3) is 5.10. The molecule has 5 aliphatic heterocycles. The molecule has 0 aromatic heterocycles. The van der Waals surface area contributed by atoms with Crippen LogP contribution in [0.15, 0.2) is 30.3 Å². The Morgan fingerprint density at radius 1 is 0.722 bits per heavy atom. The van der Waals surface area contributed by atoms with Crippen molar-refractivity contribution in [1.82, 2.24) is 0 Å². The molecule has 0 amide bonds. The van der Waals surface area contributed by atoms with E-state index in [0.29, 0.717) is 26.4 Å². The van der Waals surface area contributed by atoms with Crippen molar-refractivity contribution < 1.29 is 42.6 Å². The summed E-state index contributed by atoms with van der Waals surface area (Å²) in [6.07, 6.45) is 0.429. The summed E-state index contributed by atoms with van der Waals surface area (Å²) in [6, 6.07) is 9.97. The standard InChI is InChI=1S/C27H38O9/c1-3-5-12-28-21-19-17(14-30-25(35-19)16-10-8-7-9-11-16)33-27(23(21)29-13-6-4-2)36-20-18-15-31-26(32-18)24-22(20)34-24/h7-11,17-27H,3-6,12-15H2,1-2H3/t17?,18?,19-,20-,21?,22?,23?,24?,25?,26-,27+/m1/s1. The number of benzene rings is 1. The molecule has 9 nitrogen and oxygen atoms in total. The fourth-order valence-electron chi connectivity index (χ4n) is 5.47. The van der Waals surface area contributed by atoms with E-state index in [2.05, 4.69) is 13.8 Å².